The molecule has 2 aromatic carbocycles. The smallest absolute Gasteiger partial charge is 0.407 e. The van der Waals surface area contributed by atoms with Crippen LogP contribution in [0.4, 0.5) is 13.2 Å². The molecule has 2 N–H and O–H groups in total. The van der Waals surface area contributed by atoms with Gasteiger partial charge in [0.05, 0.1) is 0 Å². The van der Waals surface area contributed by atoms with Gasteiger partial charge in [-0.3, -0.25) is 10.1 Å². The van der Waals surface area contributed by atoms with Crippen molar-refractivity contribution in [2.75, 3.05) is 0 Å². The lowest BCUT2D eigenvalue weighted by atomic mass is 9.99. The molecule has 1 aromatic heterocycles. The summed E-state index contributed by atoms with van der Waals surface area (Å²) >= 11 is 3.37. The highest BCUT2D eigenvalue weighted by molar-refractivity contribution is 9.10. The van der Waals surface area contributed by atoms with E-state index in [1.807, 2.05) is 6.07 Å². The molecular weight excluding hydrogens is 439 g/mol. The molecule has 2 unspecified atom stereocenters. The molecule has 0 aliphatic rings. The predicted molar refractivity (Wildman–Crippen MR) is 104 cm³/mol. The van der Waals surface area contributed by atoms with Crippen LogP contribution >= 0.6 is 15.9 Å². The van der Waals surface area contributed by atoms with Gasteiger partial charge in [0.15, 0.2) is 0 Å². The van der Waals surface area contributed by atoms with E-state index in [2.05, 4.69) is 21.2 Å². The fraction of sp³-hybridized carbons (Fsp3) is 0.350. The van der Waals surface area contributed by atoms with E-state index in [1.165, 1.54) is 12.1 Å². The molecule has 0 spiro atoms. The summed E-state index contributed by atoms with van der Waals surface area (Å²) in [6, 6.07) is 6.19. The summed E-state index contributed by atoms with van der Waals surface area (Å²) in [5.41, 5.74) is 0.792. The average Bonchev–Trinajstić information content (AvgIpc) is 2.93. The fourth-order valence-corrected chi connectivity index (χ4v) is 3.60. The van der Waals surface area contributed by atoms with Crippen molar-refractivity contribution in [2.45, 2.75) is 38.5 Å². The molecule has 28 heavy (non-hydrogen) atoms. The zero-order chi connectivity index (χ0) is 20.6. The van der Waals surface area contributed by atoms with Crippen LogP contribution in [0.2, 0.25) is 0 Å². The lowest BCUT2D eigenvalue weighted by Crippen LogP contribution is -2.45. The second-order valence-corrected chi connectivity index (χ2v) is 8.08. The zero-order valence-electron chi connectivity index (χ0n) is 15.2. The molecule has 2 atom stereocenters. The quantitative estimate of drug-likeness (QED) is 0.473. The van der Waals surface area contributed by atoms with Gasteiger partial charge >= 0.3 is 12.1 Å². The number of furan rings is 1. The molecule has 150 valence electrons. The van der Waals surface area contributed by atoms with Crippen molar-refractivity contribution >= 4 is 43.8 Å². The Bertz CT molecular complexity index is 1010. The molecule has 3 aromatic rings. The van der Waals surface area contributed by atoms with Gasteiger partial charge < -0.3 is 9.52 Å². The first kappa shape index (κ1) is 20.7. The van der Waals surface area contributed by atoms with Gasteiger partial charge in [-0.25, -0.2) is 0 Å². The molecule has 0 fully saturated rings. The topological polar surface area (TPSA) is 62.5 Å². The van der Waals surface area contributed by atoms with Gasteiger partial charge in [0, 0.05) is 15.2 Å². The van der Waals surface area contributed by atoms with Gasteiger partial charge in [-0.05, 0) is 42.2 Å². The van der Waals surface area contributed by atoms with Crippen LogP contribution in [-0.2, 0) is 4.79 Å². The lowest BCUT2D eigenvalue weighted by molar-refractivity contribution is -0.163. The Morgan fingerprint density at radius 1 is 1.14 bits per heavy atom. The van der Waals surface area contributed by atoms with Gasteiger partial charge in [0.25, 0.3) is 0 Å². The first-order valence-corrected chi connectivity index (χ1v) is 9.53. The van der Waals surface area contributed by atoms with Crippen LogP contribution in [0.3, 0.4) is 0 Å². The second-order valence-electron chi connectivity index (χ2n) is 7.16. The van der Waals surface area contributed by atoms with Crippen LogP contribution in [0.15, 0.2) is 45.3 Å². The average molecular weight is 458 g/mol. The van der Waals surface area contributed by atoms with E-state index in [0.29, 0.717) is 16.6 Å². The number of hydrogen-bond acceptors (Lipinski definition) is 3. The molecule has 0 saturated carbocycles. The van der Waals surface area contributed by atoms with Crippen LogP contribution in [0.5, 0.6) is 0 Å². The first-order valence-electron chi connectivity index (χ1n) is 8.73. The first-order chi connectivity index (χ1) is 13.1. The molecular formula is C20H19BrF3NO3. The molecule has 0 aliphatic carbocycles. The summed E-state index contributed by atoms with van der Waals surface area (Å²) in [6.07, 6.45) is -4.57. The van der Waals surface area contributed by atoms with Crippen LogP contribution in [0.25, 0.3) is 21.9 Å². The van der Waals surface area contributed by atoms with Crippen molar-refractivity contribution in [3.05, 3.63) is 46.4 Å². The minimum Gasteiger partial charge on any atom is -0.480 e. The molecule has 8 heteroatoms. The maximum Gasteiger partial charge on any atom is 0.407 e. The Labute approximate surface area is 167 Å². The number of fused-ring (bicyclic) bond motifs is 3. The highest BCUT2D eigenvalue weighted by atomic mass is 79.9. The maximum absolute atomic E-state index is 13.7. The number of alkyl halides is 3. The van der Waals surface area contributed by atoms with Crippen LogP contribution in [0, 0.1) is 5.92 Å². The van der Waals surface area contributed by atoms with E-state index in [1.54, 1.807) is 32.0 Å². The van der Waals surface area contributed by atoms with Crippen molar-refractivity contribution in [1.82, 2.24) is 5.32 Å². The number of nitrogens with one attached hydrogen (secondary N) is 1. The number of carboxylic acid groups (broad SMARTS) is 1. The van der Waals surface area contributed by atoms with Gasteiger partial charge in [0.1, 0.15) is 23.2 Å². The Hall–Kier alpha value is -2.06. The minimum absolute atomic E-state index is 0.0706. The number of rotatable bonds is 6. The van der Waals surface area contributed by atoms with E-state index in [-0.39, 0.29) is 17.9 Å². The van der Waals surface area contributed by atoms with E-state index < -0.39 is 24.2 Å². The second kappa shape index (κ2) is 7.75. The van der Waals surface area contributed by atoms with Crippen molar-refractivity contribution in [3.63, 3.8) is 0 Å². The molecule has 0 amide bonds. The SMILES string of the molecule is CC(C)CC(NC(c1ccc2c(c1)oc1ccc(Br)cc12)C(F)(F)F)C(=O)O. The van der Waals surface area contributed by atoms with Gasteiger partial charge in [-0.2, -0.15) is 13.2 Å². The standard InChI is InChI=1S/C20H19BrF3NO3/c1-10(2)7-15(19(26)27)25-18(20(22,23)24)11-3-5-13-14-9-12(21)4-6-16(14)28-17(13)8-11/h3-6,8-10,15,18,25H,7H2,1-2H3,(H,26,27). The third-order valence-electron chi connectivity index (χ3n) is 4.49. The van der Waals surface area contributed by atoms with Crippen molar-refractivity contribution in [2.24, 2.45) is 5.92 Å². The Kier molecular flexibility index (Phi) is 5.72. The molecule has 1 heterocycles. The van der Waals surface area contributed by atoms with Crippen molar-refractivity contribution < 1.29 is 27.5 Å². The maximum atomic E-state index is 13.7. The summed E-state index contributed by atoms with van der Waals surface area (Å²) in [5, 5.41) is 13.1. The van der Waals surface area contributed by atoms with Crippen molar-refractivity contribution in [1.29, 1.82) is 0 Å². The summed E-state index contributed by atoms with van der Waals surface area (Å²) in [6.45, 7) is 3.53. The number of benzene rings is 2. The predicted octanol–water partition coefficient (Wildman–Crippen LogP) is 6.04. The molecule has 4 nitrogen and oxygen atoms in total. The highest BCUT2D eigenvalue weighted by Gasteiger charge is 2.43. The van der Waals surface area contributed by atoms with Gasteiger partial charge in [0.2, 0.25) is 0 Å². The third-order valence-corrected chi connectivity index (χ3v) is 4.98. The van der Waals surface area contributed by atoms with E-state index in [4.69, 9.17) is 4.42 Å². The Morgan fingerprint density at radius 2 is 1.86 bits per heavy atom. The molecule has 0 radical (unpaired) electrons. The number of aliphatic carboxylic acids is 1. The summed E-state index contributed by atoms with van der Waals surface area (Å²) in [5.74, 6) is -1.38. The van der Waals surface area contributed by atoms with Crippen LogP contribution in [-0.4, -0.2) is 23.3 Å². The van der Waals surface area contributed by atoms with Crippen molar-refractivity contribution in [3.8, 4) is 0 Å². The normalized spacial score (nSPS) is 14.7. The number of halogens is 4. The monoisotopic (exact) mass is 457 g/mol. The molecule has 3 rings (SSSR count). The van der Waals surface area contributed by atoms with Crippen LogP contribution < -0.4 is 5.32 Å². The molecule has 0 saturated heterocycles. The Morgan fingerprint density at radius 3 is 2.46 bits per heavy atom. The summed E-state index contributed by atoms with van der Waals surface area (Å²) < 4.78 is 47.7. The Balaban J connectivity index is 2.03. The highest BCUT2D eigenvalue weighted by Crippen LogP contribution is 2.37. The minimum atomic E-state index is -4.66. The number of carbonyl (C=O) groups is 1. The van der Waals surface area contributed by atoms with E-state index in [0.717, 1.165) is 9.86 Å². The third kappa shape index (κ3) is 4.33. The van der Waals surface area contributed by atoms with E-state index in [9.17, 15) is 23.1 Å². The van der Waals surface area contributed by atoms with Gasteiger partial charge in [-0.15, -0.1) is 0 Å². The molecule has 0 aliphatic heterocycles. The summed E-state index contributed by atoms with van der Waals surface area (Å²) in [7, 11) is 0. The van der Waals surface area contributed by atoms with Crippen LogP contribution in [0.1, 0.15) is 31.9 Å². The number of hydrogen-bond donors (Lipinski definition) is 2. The zero-order valence-corrected chi connectivity index (χ0v) is 16.8. The number of carboxylic acids is 1. The summed E-state index contributed by atoms with van der Waals surface area (Å²) in [4.78, 5) is 11.4. The largest absolute Gasteiger partial charge is 0.480 e. The lowest BCUT2D eigenvalue weighted by Gasteiger charge is -2.26. The fourth-order valence-electron chi connectivity index (χ4n) is 3.24. The molecule has 0 bridgehead atoms. The van der Waals surface area contributed by atoms with Gasteiger partial charge in [-0.1, -0.05) is 41.9 Å². The van der Waals surface area contributed by atoms with E-state index >= 15 is 0 Å².